The number of benzene rings is 2. The fourth-order valence-electron chi connectivity index (χ4n) is 2.93. The van der Waals surface area contributed by atoms with Gasteiger partial charge in [0.1, 0.15) is 11.5 Å². The molecule has 152 valence electrons. The van der Waals surface area contributed by atoms with Crippen LogP contribution in [0.15, 0.2) is 54.3 Å². The zero-order valence-corrected chi connectivity index (χ0v) is 16.8. The Morgan fingerprint density at radius 2 is 1.69 bits per heavy atom. The SMILES string of the molecule is CCCOc1cccc(N2C(=O)C(O)=C(c3ccc(OCC(C)C)cc3)C2=O)c1. The highest BCUT2D eigenvalue weighted by molar-refractivity contribution is 6.44. The molecule has 1 aliphatic rings. The zero-order chi connectivity index (χ0) is 21.0. The maximum Gasteiger partial charge on any atom is 0.301 e. The molecule has 0 saturated heterocycles. The number of hydrogen-bond acceptors (Lipinski definition) is 5. The van der Waals surface area contributed by atoms with Gasteiger partial charge in [0.25, 0.3) is 5.91 Å². The van der Waals surface area contributed by atoms with Gasteiger partial charge in [-0.2, -0.15) is 0 Å². The number of aliphatic hydroxyl groups excluding tert-OH is 1. The molecule has 0 aliphatic carbocycles. The van der Waals surface area contributed by atoms with Gasteiger partial charge in [-0.25, -0.2) is 4.90 Å². The van der Waals surface area contributed by atoms with E-state index < -0.39 is 17.6 Å². The van der Waals surface area contributed by atoms with Crippen LogP contribution in [0.1, 0.15) is 32.8 Å². The van der Waals surface area contributed by atoms with Crippen molar-refractivity contribution in [2.24, 2.45) is 5.92 Å². The molecule has 6 nitrogen and oxygen atoms in total. The highest BCUT2D eigenvalue weighted by Gasteiger charge is 2.40. The smallest absolute Gasteiger partial charge is 0.301 e. The Bertz CT molecular complexity index is 931. The molecule has 0 aromatic heterocycles. The summed E-state index contributed by atoms with van der Waals surface area (Å²) in [6, 6.07) is 13.5. The van der Waals surface area contributed by atoms with Gasteiger partial charge in [-0.1, -0.05) is 39.0 Å². The van der Waals surface area contributed by atoms with E-state index in [1.807, 2.05) is 6.92 Å². The van der Waals surface area contributed by atoms with Crippen molar-refractivity contribution in [2.75, 3.05) is 18.1 Å². The molecule has 1 heterocycles. The van der Waals surface area contributed by atoms with Crippen molar-refractivity contribution in [2.45, 2.75) is 27.2 Å². The minimum atomic E-state index is -0.752. The lowest BCUT2D eigenvalue weighted by Gasteiger charge is -2.16. The van der Waals surface area contributed by atoms with Crippen LogP contribution in [0.25, 0.3) is 5.57 Å². The van der Waals surface area contributed by atoms with Crippen molar-refractivity contribution in [3.8, 4) is 11.5 Å². The third-order valence-corrected chi connectivity index (χ3v) is 4.33. The van der Waals surface area contributed by atoms with E-state index in [2.05, 4.69) is 13.8 Å². The molecule has 2 amide bonds. The largest absolute Gasteiger partial charge is 0.502 e. The van der Waals surface area contributed by atoms with Crippen molar-refractivity contribution >= 4 is 23.1 Å². The summed E-state index contributed by atoms with van der Waals surface area (Å²) in [5, 5.41) is 10.4. The number of hydrogen-bond donors (Lipinski definition) is 1. The van der Waals surface area contributed by atoms with Crippen LogP contribution in [0, 0.1) is 5.92 Å². The fourth-order valence-corrected chi connectivity index (χ4v) is 2.93. The second-order valence-corrected chi connectivity index (χ2v) is 7.24. The van der Waals surface area contributed by atoms with E-state index in [4.69, 9.17) is 9.47 Å². The average molecular weight is 395 g/mol. The third-order valence-electron chi connectivity index (χ3n) is 4.33. The number of imide groups is 1. The molecular weight excluding hydrogens is 370 g/mol. The van der Waals surface area contributed by atoms with Gasteiger partial charge in [-0.3, -0.25) is 9.59 Å². The molecule has 0 spiro atoms. The molecule has 0 atom stereocenters. The first-order chi connectivity index (χ1) is 13.9. The quantitative estimate of drug-likeness (QED) is 0.673. The maximum absolute atomic E-state index is 13.0. The summed E-state index contributed by atoms with van der Waals surface area (Å²) in [6.07, 6.45) is 0.842. The van der Waals surface area contributed by atoms with E-state index in [0.717, 1.165) is 11.3 Å². The minimum absolute atomic E-state index is 0.0229. The van der Waals surface area contributed by atoms with Crippen LogP contribution in [-0.4, -0.2) is 30.1 Å². The van der Waals surface area contributed by atoms with Gasteiger partial charge in [0.05, 0.1) is 24.5 Å². The van der Waals surface area contributed by atoms with Gasteiger partial charge < -0.3 is 14.6 Å². The lowest BCUT2D eigenvalue weighted by atomic mass is 10.1. The first-order valence-electron chi connectivity index (χ1n) is 9.70. The molecule has 1 N–H and O–H groups in total. The summed E-state index contributed by atoms with van der Waals surface area (Å²) in [7, 11) is 0. The third kappa shape index (κ3) is 4.42. The van der Waals surface area contributed by atoms with Gasteiger partial charge >= 0.3 is 5.91 Å². The van der Waals surface area contributed by atoms with Crippen LogP contribution in [-0.2, 0) is 9.59 Å². The highest BCUT2D eigenvalue weighted by Crippen LogP contribution is 2.33. The normalized spacial score (nSPS) is 14.1. The molecule has 0 radical (unpaired) electrons. The molecule has 3 rings (SSSR count). The van der Waals surface area contributed by atoms with E-state index in [9.17, 15) is 14.7 Å². The molecule has 29 heavy (non-hydrogen) atoms. The topological polar surface area (TPSA) is 76.1 Å². The van der Waals surface area contributed by atoms with Gasteiger partial charge in [0, 0.05) is 6.07 Å². The van der Waals surface area contributed by atoms with Crippen LogP contribution in [0.3, 0.4) is 0 Å². The van der Waals surface area contributed by atoms with Crippen LogP contribution < -0.4 is 14.4 Å². The van der Waals surface area contributed by atoms with E-state index >= 15 is 0 Å². The van der Waals surface area contributed by atoms with E-state index in [1.54, 1.807) is 48.5 Å². The number of nitrogens with zero attached hydrogens (tertiary/aromatic N) is 1. The van der Waals surface area contributed by atoms with E-state index in [1.165, 1.54) is 0 Å². The van der Waals surface area contributed by atoms with Crippen molar-refractivity contribution < 1.29 is 24.2 Å². The van der Waals surface area contributed by atoms with Gasteiger partial charge in [-0.05, 0) is 42.2 Å². The van der Waals surface area contributed by atoms with Crippen LogP contribution in [0.5, 0.6) is 11.5 Å². The summed E-state index contributed by atoms with van der Waals surface area (Å²) in [4.78, 5) is 26.5. The maximum atomic E-state index is 13.0. The summed E-state index contributed by atoms with van der Waals surface area (Å²) in [5.74, 6) is -0.276. The Morgan fingerprint density at radius 1 is 0.966 bits per heavy atom. The Hall–Kier alpha value is -3.28. The Balaban J connectivity index is 1.84. The summed E-state index contributed by atoms with van der Waals surface area (Å²) >= 11 is 0. The zero-order valence-electron chi connectivity index (χ0n) is 16.8. The van der Waals surface area contributed by atoms with Crippen molar-refractivity contribution in [1.82, 2.24) is 0 Å². The molecular formula is C23H25NO5. The number of aliphatic hydroxyl groups is 1. The van der Waals surface area contributed by atoms with E-state index in [0.29, 0.717) is 41.9 Å². The van der Waals surface area contributed by atoms with Gasteiger partial charge in [-0.15, -0.1) is 0 Å². The molecule has 0 unspecified atom stereocenters. The van der Waals surface area contributed by atoms with Crippen molar-refractivity contribution in [3.05, 3.63) is 59.9 Å². The van der Waals surface area contributed by atoms with Gasteiger partial charge in [0.2, 0.25) is 0 Å². The van der Waals surface area contributed by atoms with Crippen LogP contribution in [0.2, 0.25) is 0 Å². The first-order valence-corrected chi connectivity index (χ1v) is 9.70. The number of amides is 2. The van der Waals surface area contributed by atoms with E-state index in [-0.39, 0.29) is 5.57 Å². The lowest BCUT2D eigenvalue weighted by molar-refractivity contribution is -0.121. The average Bonchev–Trinajstić information content (AvgIpc) is 2.94. The second kappa shape index (κ2) is 8.82. The summed E-state index contributed by atoms with van der Waals surface area (Å²) < 4.78 is 11.2. The second-order valence-electron chi connectivity index (χ2n) is 7.24. The first kappa shape index (κ1) is 20.5. The Morgan fingerprint density at radius 3 is 2.34 bits per heavy atom. The Labute approximate surface area is 170 Å². The molecule has 2 aromatic rings. The fraction of sp³-hybridized carbons (Fsp3) is 0.304. The molecule has 6 heteroatoms. The van der Waals surface area contributed by atoms with Crippen LogP contribution in [0.4, 0.5) is 5.69 Å². The lowest BCUT2D eigenvalue weighted by Crippen LogP contribution is -2.31. The van der Waals surface area contributed by atoms with Crippen molar-refractivity contribution in [3.63, 3.8) is 0 Å². The number of anilines is 1. The molecule has 1 aliphatic heterocycles. The number of carbonyl (C=O) groups excluding carboxylic acids is 2. The number of carbonyl (C=O) groups is 2. The standard InChI is InChI=1S/C23H25NO5/c1-4-12-28-19-7-5-6-17(13-19)24-22(26)20(21(25)23(24)27)16-8-10-18(11-9-16)29-14-15(2)3/h5-11,13,15,25H,4,12,14H2,1-3H3. The molecule has 0 bridgehead atoms. The predicted octanol–water partition coefficient (Wildman–Crippen LogP) is 4.35. The predicted molar refractivity (Wildman–Crippen MR) is 111 cm³/mol. The number of ether oxygens (including phenoxy) is 2. The molecule has 2 aromatic carbocycles. The molecule has 0 saturated carbocycles. The summed E-state index contributed by atoms with van der Waals surface area (Å²) in [5.41, 5.74) is 0.788. The summed E-state index contributed by atoms with van der Waals surface area (Å²) in [6.45, 7) is 7.21. The van der Waals surface area contributed by atoms with Gasteiger partial charge in [0.15, 0.2) is 5.76 Å². The monoisotopic (exact) mass is 395 g/mol. The highest BCUT2D eigenvalue weighted by atomic mass is 16.5. The Kier molecular flexibility index (Phi) is 6.22. The minimum Gasteiger partial charge on any atom is -0.502 e. The molecule has 0 fully saturated rings. The number of rotatable bonds is 8. The van der Waals surface area contributed by atoms with Crippen molar-refractivity contribution in [1.29, 1.82) is 0 Å². The van der Waals surface area contributed by atoms with Crippen LogP contribution >= 0.6 is 0 Å².